The lowest BCUT2D eigenvalue weighted by atomic mass is 9.93. The van der Waals surface area contributed by atoms with E-state index in [4.69, 9.17) is 9.73 Å². The number of thiazole rings is 1. The summed E-state index contributed by atoms with van der Waals surface area (Å²) < 4.78 is 10.6. The van der Waals surface area contributed by atoms with Gasteiger partial charge in [-0.1, -0.05) is 36.5 Å². The number of hydrogen-bond donors (Lipinski definition) is 0. The van der Waals surface area contributed by atoms with Crippen LogP contribution >= 0.6 is 11.3 Å². The van der Waals surface area contributed by atoms with Crippen molar-refractivity contribution in [2.24, 2.45) is 4.99 Å². The average molecular weight is 380 g/mol. The second kappa shape index (κ2) is 5.92. The molecule has 0 spiro atoms. The predicted octanol–water partition coefficient (Wildman–Crippen LogP) is 2.07. The Morgan fingerprint density at radius 3 is 3.11 bits per heavy atom. The van der Waals surface area contributed by atoms with Gasteiger partial charge in [0.25, 0.3) is 5.56 Å². The first-order chi connectivity index (χ1) is 13.1. The van der Waals surface area contributed by atoms with E-state index < -0.39 is 5.72 Å². The van der Waals surface area contributed by atoms with Crippen molar-refractivity contribution < 1.29 is 4.74 Å². The number of aromatic nitrogens is 3. The Kier molecular flexibility index (Phi) is 3.62. The van der Waals surface area contributed by atoms with Crippen molar-refractivity contribution in [2.45, 2.75) is 45.0 Å². The van der Waals surface area contributed by atoms with Crippen LogP contribution in [-0.4, -0.2) is 20.1 Å². The van der Waals surface area contributed by atoms with E-state index in [1.807, 2.05) is 52.7 Å². The van der Waals surface area contributed by atoms with Crippen LogP contribution < -0.4 is 19.6 Å². The normalized spacial score (nSPS) is 23.3. The summed E-state index contributed by atoms with van der Waals surface area (Å²) in [5.74, 6) is 0.815. The molecule has 0 unspecified atom stereocenters. The Labute approximate surface area is 160 Å². The Bertz CT molecular complexity index is 1210. The van der Waals surface area contributed by atoms with E-state index in [1.165, 1.54) is 11.3 Å². The van der Waals surface area contributed by atoms with Crippen molar-refractivity contribution in [1.82, 2.24) is 14.3 Å². The summed E-state index contributed by atoms with van der Waals surface area (Å²) in [4.78, 5) is 18.7. The summed E-state index contributed by atoms with van der Waals surface area (Å²) in [7, 11) is 0. The van der Waals surface area contributed by atoms with Gasteiger partial charge in [-0.25, -0.2) is 4.99 Å². The molecule has 6 nitrogen and oxygen atoms in total. The van der Waals surface area contributed by atoms with Gasteiger partial charge in [0, 0.05) is 30.3 Å². The fourth-order valence-electron chi connectivity index (χ4n) is 3.89. The molecule has 2 bridgehead atoms. The molecule has 2 aliphatic rings. The standard InChI is InChI=1S/C20H20N4O2S/c1-3-8-23-12-13(11-21-23)9-17-18(25)24-15-10-20(2,22-19(24)27-17)26-16-7-5-4-6-14(15)16/h4-7,9,11-12,15H,3,8,10H2,1-2H3/b17-9-/t15-,20-/m0/s1. The number of para-hydroxylation sites is 1. The van der Waals surface area contributed by atoms with E-state index in [0.717, 1.165) is 34.6 Å². The van der Waals surface area contributed by atoms with Gasteiger partial charge in [0.15, 0.2) is 4.80 Å². The minimum atomic E-state index is -0.625. The third kappa shape index (κ3) is 2.65. The molecule has 0 N–H and O–H groups in total. The molecule has 4 heterocycles. The highest BCUT2D eigenvalue weighted by atomic mass is 32.1. The minimum absolute atomic E-state index is 0.00532. The van der Waals surface area contributed by atoms with Crippen molar-refractivity contribution in [1.29, 1.82) is 0 Å². The van der Waals surface area contributed by atoms with Crippen LogP contribution in [0, 0.1) is 0 Å². The van der Waals surface area contributed by atoms with Gasteiger partial charge in [0.05, 0.1) is 16.8 Å². The van der Waals surface area contributed by atoms with Crippen molar-refractivity contribution in [3.8, 4) is 5.75 Å². The van der Waals surface area contributed by atoms with Crippen LogP contribution in [0.15, 0.2) is 46.4 Å². The molecule has 138 valence electrons. The zero-order valence-electron chi connectivity index (χ0n) is 15.3. The first kappa shape index (κ1) is 16.5. The van der Waals surface area contributed by atoms with Crippen molar-refractivity contribution in [3.63, 3.8) is 0 Å². The Morgan fingerprint density at radius 2 is 2.26 bits per heavy atom. The van der Waals surface area contributed by atoms with Crippen LogP contribution in [-0.2, 0) is 6.54 Å². The fraction of sp³-hybridized carbons (Fsp3) is 0.350. The van der Waals surface area contributed by atoms with Gasteiger partial charge in [0.1, 0.15) is 5.75 Å². The molecule has 0 amide bonds. The van der Waals surface area contributed by atoms with E-state index in [2.05, 4.69) is 12.0 Å². The lowest BCUT2D eigenvalue weighted by molar-refractivity contribution is 0.0410. The summed E-state index contributed by atoms with van der Waals surface area (Å²) in [6.07, 6.45) is 7.37. The number of nitrogens with zero attached hydrogens (tertiary/aromatic N) is 4. The van der Waals surface area contributed by atoms with Gasteiger partial charge in [-0.2, -0.15) is 5.10 Å². The maximum atomic E-state index is 13.2. The molecule has 1 aromatic carbocycles. The number of ether oxygens (including phenoxy) is 1. The van der Waals surface area contributed by atoms with E-state index in [0.29, 0.717) is 11.0 Å². The molecular formula is C20H20N4O2S. The van der Waals surface area contributed by atoms with Crippen LogP contribution in [0.2, 0.25) is 0 Å². The summed E-state index contributed by atoms with van der Waals surface area (Å²) in [6.45, 7) is 4.98. The average Bonchev–Trinajstić information content (AvgIpc) is 3.19. The molecule has 3 aromatic rings. The topological polar surface area (TPSA) is 61.4 Å². The van der Waals surface area contributed by atoms with Crippen LogP contribution in [0.25, 0.3) is 6.08 Å². The quantitative estimate of drug-likeness (QED) is 0.699. The maximum absolute atomic E-state index is 13.2. The highest BCUT2D eigenvalue weighted by Crippen LogP contribution is 2.42. The molecule has 2 atom stereocenters. The summed E-state index contributed by atoms with van der Waals surface area (Å²) in [6, 6.07) is 7.89. The summed E-state index contributed by atoms with van der Waals surface area (Å²) in [5, 5.41) is 4.35. The smallest absolute Gasteiger partial charge is 0.270 e. The molecule has 0 saturated heterocycles. The lowest BCUT2D eigenvalue weighted by Gasteiger charge is -2.39. The van der Waals surface area contributed by atoms with Gasteiger partial charge < -0.3 is 4.74 Å². The number of benzene rings is 1. The number of hydrogen-bond acceptors (Lipinski definition) is 5. The van der Waals surface area contributed by atoms with Crippen LogP contribution in [0.3, 0.4) is 0 Å². The highest BCUT2D eigenvalue weighted by Gasteiger charge is 2.42. The number of rotatable bonds is 3. The van der Waals surface area contributed by atoms with Gasteiger partial charge in [-0.05, 0) is 25.5 Å². The summed E-state index contributed by atoms with van der Waals surface area (Å²) >= 11 is 1.42. The number of fused-ring (bicyclic) bond motifs is 6. The second-order valence-electron chi connectivity index (χ2n) is 7.25. The van der Waals surface area contributed by atoms with Crippen molar-refractivity contribution >= 4 is 17.4 Å². The largest absolute Gasteiger partial charge is 0.466 e. The van der Waals surface area contributed by atoms with Gasteiger partial charge >= 0.3 is 0 Å². The molecule has 7 heteroatoms. The first-order valence-corrected chi connectivity index (χ1v) is 10.0. The molecule has 5 rings (SSSR count). The Balaban J connectivity index is 1.68. The molecule has 0 radical (unpaired) electrons. The molecule has 0 saturated carbocycles. The van der Waals surface area contributed by atoms with Crippen molar-refractivity contribution in [2.75, 3.05) is 0 Å². The van der Waals surface area contributed by atoms with Crippen LogP contribution in [0.5, 0.6) is 5.75 Å². The Hall–Kier alpha value is -2.67. The second-order valence-corrected chi connectivity index (χ2v) is 8.26. The third-order valence-corrected chi connectivity index (χ3v) is 6.05. The van der Waals surface area contributed by atoms with Crippen LogP contribution in [0.1, 0.15) is 43.9 Å². The number of aryl methyl sites for hydroxylation is 1. The van der Waals surface area contributed by atoms with E-state index in [-0.39, 0.29) is 11.6 Å². The molecular weight excluding hydrogens is 360 g/mol. The van der Waals surface area contributed by atoms with Crippen molar-refractivity contribution in [3.05, 3.63) is 67.5 Å². The van der Waals surface area contributed by atoms with E-state index in [1.54, 1.807) is 6.20 Å². The minimum Gasteiger partial charge on any atom is -0.466 e. The SMILES string of the molecule is CCCn1cc(/C=c2\sc3n(c2=O)[C@H]2C[C@@](C)(N=3)Oc3ccccc32)cn1. The highest BCUT2D eigenvalue weighted by molar-refractivity contribution is 7.07. The molecule has 0 aliphatic carbocycles. The lowest BCUT2D eigenvalue weighted by Crippen LogP contribution is -2.49. The summed E-state index contributed by atoms with van der Waals surface area (Å²) in [5.41, 5.74) is 1.37. The molecule has 0 fully saturated rings. The Morgan fingerprint density at radius 1 is 1.41 bits per heavy atom. The first-order valence-electron chi connectivity index (χ1n) is 9.20. The van der Waals surface area contributed by atoms with Gasteiger partial charge in [-0.3, -0.25) is 14.0 Å². The van der Waals surface area contributed by atoms with Gasteiger partial charge in [0.2, 0.25) is 5.72 Å². The zero-order chi connectivity index (χ0) is 18.6. The molecule has 2 aliphatic heterocycles. The molecule has 2 aromatic heterocycles. The van der Waals surface area contributed by atoms with E-state index >= 15 is 0 Å². The fourth-order valence-corrected chi connectivity index (χ4v) is 5.02. The third-order valence-electron chi connectivity index (χ3n) is 5.06. The van der Waals surface area contributed by atoms with Crippen LogP contribution in [0.4, 0.5) is 0 Å². The molecule has 27 heavy (non-hydrogen) atoms. The predicted molar refractivity (Wildman–Crippen MR) is 104 cm³/mol. The zero-order valence-corrected chi connectivity index (χ0v) is 16.1. The van der Waals surface area contributed by atoms with Gasteiger partial charge in [-0.15, -0.1) is 0 Å². The maximum Gasteiger partial charge on any atom is 0.270 e. The van der Waals surface area contributed by atoms with E-state index in [9.17, 15) is 4.79 Å². The monoisotopic (exact) mass is 380 g/mol.